The van der Waals surface area contributed by atoms with Crippen LogP contribution in [0.5, 0.6) is 11.5 Å². The van der Waals surface area contributed by atoms with E-state index in [-0.39, 0.29) is 23.0 Å². The number of rotatable bonds is 2. The quantitative estimate of drug-likeness (QED) is 0.651. The molecule has 4 aliphatic rings. The minimum absolute atomic E-state index is 0.0768. The van der Waals surface area contributed by atoms with Gasteiger partial charge in [0.05, 0.1) is 17.9 Å². The summed E-state index contributed by atoms with van der Waals surface area (Å²) in [6.45, 7) is 9.11. The van der Waals surface area contributed by atoms with Crippen LogP contribution in [0, 0.1) is 22.7 Å². The second-order valence-corrected chi connectivity index (χ2v) is 12.8. The minimum Gasteiger partial charge on any atom is -0.508 e. The van der Waals surface area contributed by atoms with E-state index in [1.807, 2.05) is 0 Å². The molecule has 8 heteroatoms. The fourth-order valence-electron chi connectivity index (χ4n) is 7.32. The van der Waals surface area contributed by atoms with Crippen molar-refractivity contribution in [2.45, 2.75) is 78.0 Å². The number of hydrogen-bond donors (Lipinski definition) is 2. The summed E-state index contributed by atoms with van der Waals surface area (Å²) in [5.74, 6) is 1.02. The lowest BCUT2D eigenvalue weighted by Gasteiger charge is -2.67. The highest BCUT2D eigenvalue weighted by atomic mass is 32.2. The van der Waals surface area contributed by atoms with Crippen molar-refractivity contribution in [3.8, 4) is 11.5 Å². The molecule has 0 bridgehead atoms. The highest BCUT2D eigenvalue weighted by molar-refractivity contribution is 7.86. The number of phenols is 1. The molecule has 2 saturated carbocycles. The molecule has 2 aliphatic carbocycles. The first-order chi connectivity index (χ1) is 14.8. The van der Waals surface area contributed by atoms with Crippen molar-refractivity contribution in [3.05, 3.63) is 22.8 Å². The van der Waals surface area contributed by atoms with E-state index in [1.165, 1.54) is 0 Å². The zero-order valence-corrected chi connectivity index (χ0v) is 20.3. The van der Waals surface area contributed by atoms with Crippen LogP contribution in [0.3, 0.4) is 0 Å². The van der Waals surface area contributed by atoms with Gasteiger partial charge in [0.1, 0.15) is 17.1 Å². The number of carbonyl (C=O) groups is 1. The van der Waals surface area contributed by atoms with E-state index in [1.54, 1.807) is 6.07 Å². The second kappa shape index (κ2) is 6.63. The topological polar surface area (TPSA) is 102 Å². The van der Waals surface area contributed by atoms with E-state index in [0.717, 1.165) is 30.2 Å². The summed E-state index contributed by atoms with van der Waals surface area (Å²) >= 11 is 0. The van der Waals surface area contributed by atoms with E-state index in [4.69, 9.17) is 8.92 Å². The van der Waals surface area contributed by atoms with Crippen LogP contribution in [0.15, 0.2) is 6.07 Å². The number of nitrogens with one attached hydrogen (secondary N) is 1. The number of benzene rings is 1. The molecule has 1 spiro atoms. The minimum atomic E-state index is -3.58. The van der Waals surface area contributed by atoms with Crippen molar-refractivity contribution < 1.29 is 27.2 Å². The molecule has 0 radical (unpaired) electrons. The van der Waals surface area contributed by atoms with Gasteiger partial charge < -0.3 is 15.2 Å². The van der Waals surface area contributed by atoms with Crippen LogP contribution in [0.25, 0.3) is 0 Å². The lowest BCUT2D eigenvalue weighted by Crippen LogP contribution is -2.70. The molecule has 2 N–H and O–H groups in total. The highest BCUT2D eigenvalue weighted by Crippen LogP contribution is 2.67. The van der Waals surface area contributed by atoms with Gasteiger partial charge in [-0.25, -0.2) is 0 Å². The van der Waals surface area contributed by atoms with Gasteiger partial charge in [0.25, 0.3) is 16.0 Å². The van der Waals surface area contributed by atoms with Crippen LogP contribution in [0.4, 0.5) is 0 Å². The van der Waals surface area contributed by atoms with Gasteiger partial charge in [-0.3, -0.25) is 8.98 Å². The predicted octanol–water partition coefficient (Wildman–Crippen LogP) is 3.53. The number of phenolic OH excluding ortho intramolecular Hbond substituents is 1. The molecular formula is C24H33NO6S. The molecule has 2 heterocycles. The number of amides is 1. The van der Waals surface area contributed by atoms with Gasteiger partial charge in [-0.05, 0) is 49.5 Å². The predicted molar refractivity (Wildman–Crippen MR) is 119 cm³/mol. The lowest BCUT2D eigenvalue weighted by atomic mass is 9.43. The Kier molecular flexibility index (Phi) is 4.56. The molecule has 176 valence electrons. The SMILES string of the molecule is C[C@H]1CC[C@H]2C(C)(C)[C@H](OS(C)(=O)=O)CC[C@]23Oc2c(c(O)cc4c2CNC4=O)C[C@]13C. The average Bonchev–Trinajstić information content (AvgIpc) is 3.04. The molecule has 0 aromatic heterocycles. The van der Waals surface area contributed by atoms with Gasteiger partial charge in [0.15, 0.2) is 0 Å². The Morgan fingerprint density at radius 1 is 1.19 bits per heavy atom. The summed E-state index contributed by atoms with van der Waals surface area (Å²) in [5.41, 5.74) is 0.907. The molecule has 32 heavy (non-hydrogen) atoms. The fraction of sp³-hybridized carbons (Fsp3) is 0.708. The normalized spacial score (nSPS) is 37.4. The number of aromatic hydroxyl groups is 1. The zero-order valence-electron chi connectivity index (χ0n) is 19.4. The number of ether oxygens (including phenoxy) is 1. The van der Waals surface area contributed by atoms with Crippen molar-refractivity contribution >= 4 is 16.0 Å². The van der Waals surface area contributed by atoms with Crippen LogP contribution < -0.4 is 10.1 Å². The summed E-state index contributed by atoms with van der Waals surface area (Å²) in [6, 6.07) is 1.58. The molecule has 0 saturated heterocycles. The van der Waals surface area contributed by atoms with Crippen molar-refractivity contribution in [2.24, 2.45) is 22.7 Å². The van der Waals surface area contributed by atoms with Crippen LogP contribution in [0.2, 0.25) is 0 Å². The standard InChI is InChI=1S/C24H33NO6S/c1-13-6-7-18-22(2,3)19(31-32(5,28)29)8-9-24(18)23(13,4)11-15-17(26)10-14-16(20(15)30-24)12-25-21(14)27/h10,13,18-19,26H,6-9,11-12H2,1-5H3,(H,25,27)/t13-,18-,19+,23+,24-/m0/s1. The molecule has 1 aromatic rings. The second-order valence-electron chi connectivity index (χ2n) is 11.2. The van der Waals surface area contributed by atoms with Gasteiger partial charge >= 0.3 is 0 Å². The molecule has 5 rings (SSSR count). The summed E-state index contributed by atoms with van der Waals surface area (Å²) in [4.78, 5) is 12.3. The summed E-state index contributed by atoms with van der Waals surface area (Å²) in [7, 11) is -3.58. The van der Waals surface area contributed by atoms with Gasteiger partial charge in [0.2, 0.25) is 0 Å². The third kappa shape index (κ3) is 2.81. The van der Waals surface area contributed by atoms with Gasteiger partial charge in [0, 0.05) is 29.0 Å². The molecule has 2 aliphatic heterocycles. The first-order valence-electron chi connectivity index (χ1n) is 11.5. The maximum atomic E-state index is 12.3. The monoisotopic (exact) mass is 463 g/mol. The molecule has 1 amide bonds. The van der Waals surface area contributed by atoms with Gasteiger partial charge in [-0.1, -0.05) is 27.7 Å². The van der Waals surface area contributed by atoms with Crippen molar-refractivity contribution in [1.29, 1.82) is 0 Å². The van der Waals surface area contributed by atoms with E-state index in [0.29, 0.717) is 43.0 Å². The van der Waals surface area contributed by atoms with Crippen molar-refractivity contribution in [3.63, 3.8) is 0 Å². The Hall–Kier alpha value is -1.80. The first kappa shape index (κ1) is 22.0. The lowest BCUT2D eigenvalue weighted by molar-refractivity contribution is -0.230. The zero-order chi connectivity index (χ0) is 23.3. The van der Waals surface area contributed by atoms with E-state index in [9.17, 15) is 18.3 Å². The van der Waals surface area contributed by atoms with E-state index in [2.05, 4.69) is 33.0 Å². The number of fused-ring (bicyclic) bond motifs is 3. The van der Waals surface area contributed by atoms with Crippen LogP contribution in [0.1, 0.15) is 74.9 Å². The molecule has 5 atom stereocenters. The third-order valence-electron chi connectivity index (χ3n) is 9.26. The third-order valence-corrected chi connectivity index (χ3v) is 9.85. The summed E-state index contributed by atoms with van der Waals surface area (Å²) in [5, 5.41) is 13.7. The van der Waals surface area contributed by atoms with E-state index < -0.39 is 27.2 Å². The van der Waals surface area contributed by atoms with Crippen molar-refractivity contribution in [2.75, 3.05) is 6.26 Å². The Bertz CT molecular complexity index is 1110. The molecular weight excluding hydrogens is 430 g/mol. The van der Waals surface area contributed by atoms with Crippen LogP contribution >= 0.6 is 0 Å². The number of hydrogen-bond acceptors (Lipinski definition) is 6. The Labute approximate surface area is 190 Å². The first-order valence-corrected chi connectivity index (χ1v) is 13.3. The molecule has 0 unspecified atom stereocenters. The fourth-order valence-corrected chi connectivity index (χ4v) is 8.09. The maximum absolute atomic E-state index is 12.3. The smallest absolute Gasteiger partial charge is 0.264 e. The van der Waals surface area contributed by atoms with E-state index >= 15 is 0 Å². The molecule has 7 nitrogen and oxygen atoms in total. The molecule has 2 fully saturated rings. The molecule has 1 aromatic carbocycles. The Morgan fingerprint density at radius 2 is 1.91 bits per heavy atom. The van der Waals surface area contributed by atoms with Crippen LogP contribution in [-0.2, 0) is 27.3 Å². The number of carbonyl (C=O) groups excluding carboxylic acids is 1. The maximum Gasteiger partial charge on any atom is 0.264 e. The Morgan fingerprint density at radius 3 is 2.59 bits per heavy atom. The summed E-state index contributed by atoms with van der Waals surface area (Å²) in [6.07, 6.45) is 4.54. The Balaban J connectivity index is 1.66. The summed E-state index contributed by atoms with van der Waals surface area (Å²) < 4.78 is 36.6. The van der Waals surface area contributed by atoms with Gasteiger partial charge in [-0.15, -0.1) is 0 Å². The van der Waals surface area contributed by atoms with Crippen LogP contribution in [-0.4, -0.2) is 37.4 Å². The van der Waals surface area contributed by atoms with Crippen molar-refractivity contribution in [1.82, 2.24) is 5.32 Å². The highest BCUT2D eigenvalue weighted by Gasteiger charge is 2.68. The average molecular weight is 464 g/mol. The largest absolute Gasteiger partial charge is 0.508 e. The van der Waals surface area contributed by atoms with Gasteiger partial charge in [-0.2, -0.15) is 8.42 Å².